The minimum atomic E-state index is -0.0653. The van der Waals surface area contributed by atoms with Gasteiger partial charge in [-0.2, -0.15) is 0 Å². The summed E-state index contributed by atoms with van der Waals surface area (Å²) in [6.07, 6.45) is 0. The number of nitrogens with zero attached hydrogens (tertiary/aromatic N) is 2. The van der Waals surface area contributed by atoms with Crippen molar-refractivity contribution in [3.05, 3.63) is 169 Å². The number of aromatic nitrogens is 2. The molecule has 2 heteroatoms. The molecule has 0 radical (unpaired) electrons. The Bertz CT molecular complexity index is 2700. The van der Waals surface area contributed by atoms with Gasteiger partial charge in [0.05, 0.1) is 22.1 Å². The second-order valence-corrected chi connectivity index (χ2v) is 13.4. The van der Waals surface area contributed by atoms with E-state index >= 15 is 0 Å². The third-order valence-electron chi connectivity index (χ3n) is 10.5. The second-order valence-electron chi connectivity index (χ2n) is 13.4. The molecule has 0 atom stereocenters. The molecule has 2 heterocycles. The molecule has 0 unspecified atom stereocenters. The van der Waals surface area contributed by atoms with Crippen LogP contribution in [0.1, 0.15) is 25.0 Å². The highest BCUT2D eigenvalue weighted by molar-refractivity contribution is 6.19. The maximum atomic E-state index is 2.48. The summed E-state index contributed by atoms with van der Waals surface area (Å²) in [5.41, 5.74) is 15.1. The van der Waals surface area contributed by atoms with E-state index in [0.29, 0.717) is 0 Å². The van der Waals surface area contributed by atoms with E-state index in [9.17, 15) is 0 Å². The van der Waals surface area contributed by atoms with Crippen LogP contribution in [0.5, 0.6) is 0 Å². The molecule has 0 fully saturated rings. The third-order valence-corrected chi connectivity index (χ3v) is 10.5. The molecular formula is C45H32N2. The molecule has 0 bridgehead atoms. The van der Waals surface area contributed by atoms with Crippen LogP contribution in [-0.2, 0) is 5.41 Å². The van der Waals surface area contributed by atoms with Crippen LogP contribution in [0, 0.1) is 0 Å². The lowest BCUT2D eigenvalue weighted by Crippen LogP contribution is -2.15. The zero-order valence-corrected chi connectivity index (χ0v) is 26.4. The number of rotatable bonds is 3. The topological polar surface area (TPSA) is 9.86 Å². The summed E-state index contributed by atoms with van der Waals surface area (Å²) in [4.78, 5) is 0. The molecule has 2 nitrogen and oxygen atoms in total. The van der Waals surface area contributed by atoms with Crippen LogP contribution < -0.4 is 0 Å². The first-order chi connectivity index (χ1) is 23.1. The average Bonchev–Trinajstić information content (AvgIpc) is 3.70. The number of para-hydroxylation sites is 2. The normalized spacial score (nSPS) is 13.5. The summed E-state index contributed by atoms with van der Waals surface area (Å²) < 4.78 is 4.92. The largest absolute Gasteiger partial charge is 0.309 e. The second kappa shape index (κ2) is 9.57. The number of hydrogen-bond donors (Lipinski definition) is 0. The van der Waals surface area contributed by atoms with E-state index in [1.165, 1.54) is 82.7 Å². The average molecular weight is 601 g/mol. The van der Waals surface area contributed by atoms with Crippen molar-refractivity contribution in [2.75, 3.05) is 0 Å². The zero-order chi connectivity index (χ0) is 31.3. The molecular weight excluding hydrogens is 569 g/mol. The highest BCUT2D eigenvalue weighted by Crippen LogP contribution is 2.49. The molecule has 222 valence electrons. The molecule has 0 amide bonds. The summed E-state index contributed by atoms with van der Waals surface area (Å²) in [5, 5.41) is 5.09. The lowest BCUT2D eigenvalue weighted by atomic mass is 9.82. The first-order valence-corrected chi connectivity index (χ1v) is 16.4. The summed E-state index contributed by atoms with van der Waals surface area (Å²) in [5.74, 6) is 0. The quantitative estimate of drug-likeness (QED) is 0.191. The van der Waals surface area contributed by atoms with Gasteiger partial charge in [0.15, 0.2) is 0 Å². The van der Waals surface area contributed by atoms with Gasteiger partial charge in [0.25, 0.3) is 0 Å². The van der Waals surface area contributed by atoms with Crippen molar-refractivity contribution in [3.8, 4) is 33.6 Å². The van der Waals surface area contributed by atoms with Crippen molar-refractivity contribution in [2.45, 2.75) is 19.3 Å². The van der Waals surface area contributed by atoms with Crippen molar-refractivity contribution in [2.24, 2.45) is 0 Å². The fourth-order valence-corrected chi connectivity index (χ4v) is 8.27. The molecule has 0 spiro atoms. The van der Waals surface area contributed by atoms with E-state index in [1.54, 1.807) is 0 Å². The predicted molar refractivity (Wildman–Crippen MR) is 198 cm³/mol. The highest BCUT2D eigenvalue weighted by Gasteiger charge is 2.35. The van der Waals surface area contributed by atoms with Gasteiger partial charge in [0.1, 0.15) is 0 Å². The molecule has 0 saturated carbocycles. The first-order valence-electron chi connectivity index (χ1n) is 16.4. The predicted octanol–water partition coefficient (Wildman–Crippen LogP) is 11.9. The molecule has 47 heavy (non-hydrogen) atoms. The van der Waals surface area contributed by atoms with Crippen LogP contribution >= 0.6 is 0 Å². The Morgan fingerprint density at radius 2 is 0.936 bits per heavy atom. The molecule has 1 aliphatic rings. The van der Waals surface area contributed by atoms with Crippen LogP contribution in [0.4, 0.5) is 0 Å². The zero-order valence-electron chi connectivity index (χ0n) is 26.4. The first kappa shape index (κ1) is 26.4. The van der Waals surface area contributed by atoms with Gasteiger partial charge in [-0.05, 0) is 81.9 Å². The van der Waals surface area contributed by atoms with Crippen LogP contribution in [0.15, 0.2) is 158 Å². The SMILES string of the molecule is CC1(C)c2ccccc2-c2ccc(-n3c4ccccc4c4cc5c6ccccc6n(-c6cccc(-c7ccccc7)c6)c5cc43)cc21. The molecule has 0 N–H and O–H groups in total. The summed E-state index contributed by atoms with van der Waals surface area (Å²) >= 11 is 0. The maximum absolute atomic E-state index is 2.48. The summed E-state index contributed by atoms with van der Waals surface area (Å²) in [7, 11) is 0. The van der Waals surface area contributed by atoms with Crippen molar-refractivity contribution in [1.29, 1.82) is 0 Å². The Balaban J connectivity index is 1.27. The summed E-state index contributed by atoms with van der Waals surface area (Å²) in [6.45, 7) is 4.72. The van der Waals surface area contributed by atoms with Gasteiger partial charge in [-0.15, -0.1) is 0 Å². The third kappa shape index (κ3) is 3.67. The van der Waals surface area contributed by atoms with Crippen molar-refractivity contribution in [1.82, 2.24) is 9.13 Å². The van der Waals surface area contributed by atoms with Gasteiger partial charge >= 0.3 is 0 Å². The number of hydrogen-bond acceptors (Lipinski definition) is 0. The van der Waals surface area contributed by atoms with Gasteiger partial charge in [-0.3, -0.25) is 0 Å². The van der Waals surface area contributed by atoms with Crippen molar-refractivity contribution < 1.29 is 0 Å². The van der Waals surface area contributed by atoms with E-state index in [-0.39, 0.29) is 5.41 Å². The Labute approximate surface area is 273 Å². The minimum absolute atomic E-state index is 0.0653. The van der Waals surface area contributed by atoms with Gasteiger partial charge < -0.3 is 9.13 Å². The van der Waals surface area contributed by atoms with Crippen molar-refractivity contribution in [3.63, 3.8) is 0 Å². The smallest absolute Gasteiger partial charge is 0.0562 e. The Morgan fingerprint density at radius 1 is 0.362 bits per heavy atom. The van der Waals surface area contributed by atoms with Crippen LogP contribution in [0.2, 0.25) is 0 Å². The summed E-state index contributed by atoms with van der Waals surface area (Å²) in [6, 6.07) is 58.1. The van der Waals surface area contributed by atoms with E-state index < -0.39 is 0 Å². The molecule has 2 aromatic heterocycles. The standard InChI is InChI=1S/C45H32N2/c1-45(2)39-20-9-6-17-33(39)34-24-23-32(26-40(34)45)47-42-22-11-8-19-36(42)38-27-37-35-18-7-10-21-41(35)46(43(37)28-44(38)47)31-16-12-15-30(25-31)29-13-4-3-5-14-29/h3-28H,1-2H3. The fraction of sp³-hybridized carbons (Fsp3) is 0.0667. The molecule has 1 aliphatic carbocycles. The molecule has 0 saturated heterocycles. The van der Waals surface area contributed by atoms with Crippen LogP contribution in [0.25, 0.3) is 77.2 Å². The van der Waals surface area contributed by atoms with E-state index in [1.807, 2.05) is 0 Å². The Kier molecular flexibility index (Phi) is 5.37. The van der Waals surface area contributed by atoms with E-state index in [4.69, 9.17) is 0 Å². The van der Waals surface area contributed by atoms with Gasteiger partial charge in [-0.1, -0.05) is 123 Å². The number of benzene rings is 7. The maximum Gasteiger partial charge on any atom is 0.0562 e. The lowest BCUT2D eigenvalue weighted by molar-refractivity contribution is 0.660. The Hall–Kier alpha value is -5.86. The monoisotopic (exact) mass is 600 g/mol. The minimum Gasteiger partial charge on any atom is -0.309 e. The molecule has 7 aromatic carbocycles. The van der Waals surface area contributed by atoms with Gasteiger partial charge in [0.2, 0.25) is 0 Å². The molecule has 0 aliphatic heterocycles. The number of fused-ring (bicyclic) bond motifs is 9. The van der Waals surface area contributed by atoms with Gasteiger partial charge in [0, 0.05) is 38.3 Å². The van der Waals surface area contributed by atoms with Crippen LogP contribution in [0.3, 0.4) is 0 Å². The van der Waals surface area contributed by atoms with Gasteiger partial charge in [-0.25, -0.2) is 0 Å². The highest BCUT2D eigenvalue weighted by atomic mass is 15.0. The van der Waals surface area contributed by atoms with E-state index in [0.717, 1.165) is 5.69 Å². The molecule has 10 rings (SSSR count). The van der Waals surface area contributed by atoms with Crippen molar-refractivity contribution >= 4 is 43.6 Å². The Morgan fingerprint density at radius 3 is 1.66 bits per heavy atom. The van der Waals surface area contributed by atoms with E-state index in [2.05, 4.69) is 181 Å². The molecule has 9 aromatic rings. The van der Waals surface area contributed by atoms with Crippen LogP contribution in [-0.4, -0.2) is 9.13 Å². The lowest BCUT2D eigenvalue weighted by Gasteiger charge is -2.22. The fourth-order valence-electron chi connectivity index (χ4n) is 8.27.